The van der Waals surface area contributed by atoms with E-state index in [1.54, 1.807) is 6.07 Å². The van der Waals surface area contributed by atoms with Crippen LogP contribution in [0.1, 0.15) is 5.69 Å². The van der Waals surface area contributed by atoms with E-state index in [0.717, 1.165) is 0 Å². The molecule has 2 rings (SSSR count). The third-order valence-electron chi connectivity index (χ3n) is 2.49. The van der Waals surface area contributed by atoms with Gasteiger partial charge in [-0.15, -0.1) is 0 Å². The number of rotatable bonds is 2. The molecule has 0 fully saturated rings. The highest BCUT2D eigenvalue weighted by Gasteiger charge is 2.18. The summed E-state index contributed by atoms with van der Waals surface area (Å²) in [5.41, 5.74) is 0.155. The minimum absolute atomic E-state index is 0.262. The number of nitriles is 1. The van der Waals surface area contributed by atoms with E-state index in [1.807, 2.05) is 0 Å². The molecule has 20 heavy (non-hydrogen) atoms. The summed E-state index contributed by atoms with van der Waals surface area (Å²) in [5, 5.41) is 20.5. The standard InChI is InChI=1S/C12H4Cl3N3O2/c13-8-3-10(15)9(14)2-7(8)6-1-12(18(19)20)11(4-16)17-5-6/h1-3,5H. The minimum atomic E-state index is -0.680. The molecule has 1 aromatic heterocycles. The predicted molar refractivity (Wildman–Crippen MR) is 76.1 cm³/mol. The Labute approximate surface area is 128 Å². The van der Waals surface area contributed by atoms with Gasteiger partial charge in [-0.3, -0.25) is 10.1 Å². The maximum Gasteiger partial charge on any atom is 0.306 e. The van der Waals surface area contributed by atoms with Gasteiger partial charge in [0.25, 0.3) is 0 Å². The van der Waals surface area contributed by atoms with Gasteiger partial charge in [0.05, 0.1) is 20.0 Å². The average Bonchev–Trinajstić information content (AvgIpc) is 2.42. The van der Waals surface area contributed by atoms with Crippen molar-refractivity contribution in [2.45, 2.75) is 0 Å². The van der Waals surface area contributed by atoms with Crippen LogP contribution in [0.3, 0.4) is 0 Å². The minimum Gasteiger partial charge on any atom is -0.258 e. The van der Waals surface area contributed by atoms with Crippen molar-refractivity contribution in [2.24, 2.45) is 0 Å². The number of aromatic nitrogens is 1. The lowest BCUT2D eigenvalue weighted by Gasteiger charge is -2.06. The summed E-state index contributed by atoms with van der Waals surface area (Å²) in [6.45, 7) is 0. The summed E-state index contributed by atoms with van der Waals surface area (Å²) in [6, 6.07) is 5.80. The molecule has 0 aliphatic carbocycles. The maximum atomic E-state index is 10.9. The quantitative estimate of drug-likeness (QED) is 0.462. The molecule has 0 aliphatic heterocycles. The van der Waals surface area contributed by atoms with E-state index in [-0.39, 0.29) is 20.8 Å². The Hall–Kier alpha value is -1.87. The molecule has 1 heterocycles. The summed E-state index contributed by atoms with van der Waals surface area (Å²) in [7, 11) is 0. The Balaban J connectivity index is 2.66. The lowest BCUT2D eigenvalue weighted by Crippen LogP contribution is -1.96. The molecule has 0 atom stereocenters. The van der Waals surface area contributed by atoms with E-state index in [9.17, 15) is 10.1 Å². The summed E-state index contributed by atoms with van der Waals surface area (Å²) in [6.07, 6.45) is 1.32. The van der Waals surface area contributed by atoms with Crippen LogP contribution in [0.4, 0.5) is 5.69 Å². The molecular weight excluding hydrogens is 325 g/mol. The van der Waals surface area contributed by atoms with E-state index in [0.29, 0.717) is 11.1 Å². The van der Waals surface area contributed by atoms with Crippen LogP contribution >= 0.6 is 34.8 Å². The van der Waals surface area contributed by atoms with Crippen LogP contribution in [-0.4, -0.2) is 9.91 Å². The lowest BCUT2D eigenvalue weighted by molar-refractivity contribution is -0.385. The molecule has 0 radical (unpaired) electrons. The van der Waals surface area contributed by atoms with Gasteiger partial charge in [0.1, 0.15) is 6.07 Å². The van der Waals surface area contributed by atoms with E-state index < -0.39 is 10.6 Å². The third-order valence-corrected chi connectivity index (χ3v) is 3.53. The van der Waals surface area contributed by atoms with Gasteiger partial charge >= 0.3 is 5.69 Å². The summed E-state index contributed by atoms with van der Waals surface area (Å²) < 4.78 is 0. The Bertz CT molecular complexity index is 756. The van der Waals surface area contributed by atoms with Gasteiger partial charge in [0.2, 0.25) is 5.69 Å². The van der Waals surface area contributed by atoms with Gasteiger partial charge in [-0.1, -0.05) is 34.8 Å². The van der Waals surface area contributed by atoms with Crippen molar-refractivity contribution in [3.63, 3.8) is 0 Å². The van der Waals surface area contributed by atoms with Crippen LogP contribution < -0.4 is 0 Å². The van der Waals surface area contributed by atoms with Gasteiger partial charge in [-0.05, 0) is 12.1 Å². The molecule has 0 bridgehead atoms. The van der Waals surface area contributed by atoms with E-state index in [1.165, 1.54) is 24.4 Å². The molecule has 0 unspecified atom stereocenters. The second kappa shape index (κ2) is 5.63. The molecular formula is C12H4Cl3N3O2. The zero-order valence-corrected chi connectivity index (χ0v) is 11.9. The van der Waals surface area contributed by atoms with Crippen molar-refractivity contribution in [1.82, 2.24) is 4.98 Å². The number of nitrogens with zero attached hydrogens (tertiary/aromatic N) is 3. The SMILES string of the molecule is N#Cc1ncc(-c2cc(Cl)c(Cl)cc2Cl)cc1[N+](=O)[O-]. The Morgan fingerprint density at radius 2 is 1.80 bits per heavy atom. The fourth-order valence-corrected chi connectivity index (χ4v) is 2.23. The van der Waals surface area contributed by atoms with Crippen molar-refractivity contribution in [3.05, 3.63) is 55.3 Å². The predicted octanol–water partition coefficient (Wildman–Crippen LogP) is 4.49. The highest BCUT2D eigenvalue weighted by molar-refractivity contribution is 6.44. The van der Waals surface area contributed by atoms with Crippen LogP contribution in [0.15, 0.2) is 24.4 Å². The Kier molecular flexibility index (Phi) is 4.09. The van der Waals surface area contributed by atoms with Gasteiger partial charge in [0.15, 0.2) is 0 Å². The zero-order chi connectivity index (χ0) is 14.9. The van der Waals surface area contributed by atoms with Crippen LogP contribution in [0.5, 0.6) is 0 Å². The molecule has 8 heteroatoms. The molecule has 0 saturated carbocycles. The Morgan fingerprint density at radius 3 is 2.40 bits per heavy atom. The zero-order valence-electron chi connectivity index (χ0n) is 9.60. The largest absolute Gasteiger partial charge is 0.306 e. The summed E-state index contributed by atoms with van der Waals surface area (Å²) >= 11 is 17.8. The number of hydrogen-bond donors (Lipinski definition) is 0. The molecule has 100 valence electrons. The molecule has 0 N–H and O–H groups in total. The number of halogens is 3. The molecule has 2 aromatic rings. The molecule has 0 aliphatic rings. The van der Waals surface area contributed by atoms with Gasteiger partial charge in [0, 0.05) is 23.4 Å². The van der Waals surface area contributed by atoms with Gasteiger partial charge in [-0.25, -0.2) is 4.98 Å². The van der Waals surface area contributed by atoms with Crippen molar-refractivity contribution >= 4 is 40.5 Å². The number of hydrogen-bond acceptors (Lipinski definition) is 4. The average molecular weight is 329 g/mol. The van der Waals surface area contributed by atoms with E-state index in [2.05, 4.69) is 4.98 Å². The first-order valence-electron chi connectivity index (χ1n) is 5.13. The van der Waals surface area contributed by atoms with Crippen LogP contribution in [0, 0.1) is 21.4 Å². The first-order chi connectivity index (χ1) is 9.43. The number of nitro groups is 1. The van der Waals surface area contributed by atoms with Crippen LogP contribution in [0.2, 0.25) is 15.1 Å². The van der Waals surface area contributed by atoms with Crippen LogP contribution in [0.25, 0.3) is 11.1 Å². The maximum absolute atomic E-state index is 10.9. The summed E-state index contributed by atoms with van der Waals surface area (Å²) in [5.74, 6) is 0. The fraction of sp³-hybridized carbons (Fsp3) is 0. The van der Waals surface area contributed by atoms with Crippen molar-refractivity contribution in [2.75, 3.05) is 0 Å². The number of benzene rings is 1. The van der Waals surface area contributed by atoms with Crippen LogP contribution in [-0.2, 0) is 0 Å². The molecule has 0 amide bonds. The van der Waals surface area contributed by atoms with Gasteiger partial charge < -0.3 is 0 Å². The normalized spacial score (nSPS) is 10.1. The molecule has 0 saturated heterocycles. The summed E-state index contributed by atoms with van der Waals surface area (Å²) in [4.78, 5) is 14.0. The van der Waals surface area contributed by atoms with E-state index in [4.69, 9.17) is 40.1 Å². The second-order valence-corrected chi connectivity index (χ2v) is 4.93. The molecule has 5 nitrogen and oxygen atoms in total. The second-order valence-electron chi connectivity index (χ2n) is 3.71. The van der Waals surface area contributed by atoms with Crippen molar-refractivity contribution < 1.29 is 4.92 Å². The topological polar surface area (TPSA) is 79.8 Å². The Morgan fingerprint density at radius 1 is 1.15 bits per heavy atom. The lowest BCUT2D eigenvalue weighted by atomic mass is 10.1. The first-order valence-corrected chi connectivity index (χ1v) is 6.27. The van der Waals surface area contributed by atoms with Gasteiger partial charge in [-0.2, -0.15) is 5.26 Å². The third kappa shape index (κ3) is 2.68. The van der Waals surface area contributed by atoms with Crippen molar-refractivity contribution in [3.8, 4) is 17.2 Å². The van der Waals surface area contributed by atoms with E-state index >= 15 is 0 Å². The highest BCUT2D eigenvalue weighted by atomic mass is 35.5. The van der Waals surface area contributed by atoms with Crippen molar-refractivity contribution in [1.29, 1.82) is 5.26 Å². The molecule has 0 spiro atoms. The smallest absolute Gasteiger partial charge is 0.258 e. The fourth-order valence-electron chi connectivity index (χ4n) is 1.57. The molecule has 1 aromatic carbocycles. The first kappa shape index (κ1) is 14.5. The monoisotopic (exact) mass is 327 g/mol. The number of pyridine rings is 1. The highest BCUT2D eigenvalue weighted by Crippen LogP contribution is 2.36.